The van der Waals surface area contributed by atoms with Crippen molar-refractivity contribution in [1.29, 1.82) is 0 Å². The number of oxime groups is 1. The van der Waals surface area contributed by atoms with Crippen LogP contribution in [0.5, 0.6) is 0 Å². The van der Waals surface area contributed by atoms with E-state index >= 15 is 0 Å². The van der Waals surface area contributed by atoms with Gasteiger partial charge in [-0.2, -0.15) is 0 Å². The van der Waals surface area contributed by atoms with Gasteiger partial charge in [-0.3, -0.25) is 19.7 Å². The van der Waals surface area contributed by atoms with Crippen molar-refractivity contribution >= 4 is 52.0 Å². The maximum atomic E-state index is 13.2. The van der Waals surface area contributed by atoms with Crippen LogP contribution in [0.1, 0.15) is 53.2 Å². The van der Waals surface area contributed by atoms with Gasteiger partial charge in [-0.05, 0) is 41.0 Å². The van der Waals surface area contributed by atoms with Gasteiger partial charge < -0.3 is 30.2 Å². The smallest absolute Gasteiger partial charge is 0.413 e. The van der Waals surface area contributed by atoms with E-state index in [0.29, 0.717) is 13.0 Å². The fourth-order valence-corrected chi connectivity index (χ4v) is 4.02. The number of amides is 4. The van der Waals surface area contributed by atoms with Crippen molar-refractivity contribution in [3.8, 4) is 0 Å². The van der Waals surface area contributed by atoms with Crippen LogP contribution >= 0.6 is 11.3 Å². The molecule has 3 heterocycles. The van der Waals surface area contributed by atoms with E-state index in [1.165, 1.54) is 19.2 Å². The number of ether oxygens (including phenoxy) is 1. The van der Waals surface area contributed by atoms with Crippen LogP contribution in [0.25, 0.3) is 0 Å². The first-order chi connectivity index (χ1) is 17.2. The third-order valence-electron chi connectivity index (χ3n) is 5.34. The Morgan fingerprint density at radius 3 is 2.54 bits per heavy atom. The number of carbonyl (C=O) groups is 5. The highest BCUT2D eigenvalue weighted by atomic mass is 32.1. The molecule has 0 saturated carbocycles. The number of aromatic nitrogens is 1. The molecule has 0 aliphatic carbocycles. The van der Waals surface area contributed by atoms with Gasteiger partial charge in [0.1, 0.15) is 17.3 Å². The van der Waals surface area contributed by atoms with E-state index in [1.807, 2.05) is 0 Å². The molecule has 1 aromatic rings. The van der Waals surface area contributed by atoms with Crippen molar-refractivity contribution in [2.75, 3.05) is 18.4 Å². The standard InChI is InChI=1S/C22H30N6O8S/c1-21(2,3)35-20(34)26-19-24-12(10-37-19)15(27-36-22(4,5)18(32)33)17(31)25-14-11(23-16(14)30)9-28-8-6-7-13(28)29/h10-11,14H,6-9H2,1-5H3,(H,23,30)(H,25,31)(H,32,33)(H,24,26,34)/b27-15-/t11-,14+/m1/s1. The highest BCUT2D eigenvalue weighted by Crippen LogP contribution is 2.20. The lowest BCUT2D eigenvalue weighted by molar-refractivity contribution is -0.161. The fraction of sp³-hybridized carbons (Fsp3) is 0.591. The van der Waals surface area contributed by atoms with Gasteiger partial charge in [0, 0.05) is 24.9 Å². The lowest BCUT2D eigenvalue weighted by atomic mass is 9.98. The van der Waals surface area contributed by atoms with Crippen molar-refractivity contribution in [3.05, 3.63) is 11.1 Å². The molecule has 4 N–H and O–H groups in total. The Bertz CT molecular complexity index is 1120. The van der Waals surface area contributed by atoms with E-state index < -0.39 is 52.9 Å². The maximum Gasteiger partial charge on any atom is 0.413 e. The quantitative estimate of drug-likeness (QED) is 0.199. The minimum Gasteiger partial charge on any atom is -0.478 e. The molecule has 202 valence electrons. The summed E-state index contributed by atoms with van der Waals surface area (Å²) in [7, 11) is 0. The molecule has 2 fully saturated rings. The van der Waals surface area contributed by atoms with Crippen molar-refractivity contribution < 1.29 is 38.7 Å². The maximum absolute atomic E-state index is 13.2. The zero-order valence-corrected chi connectivity index (χ0v) is 21.9. The number of β-lactam (4-membered cyclic amide) rings is 1. The number of thiazole rings is 1. The van der Waals surface area contributed by atoms with E-state index in [4.69, 9.17) is 9.57 Å². The van der Waals surface area contributed by atoms with E-state index in [0.717, 1.165) is 17.8 Å². The first-order valence-corrected chi connectivity index (χ1v) is 12.4. The average molecular weight is 539 g/mol. The number of carbonyl (C=O) groups excluding carboxylic acids is 4. The van der Waals surface area contributed by atoms with Crippen molar-refractivity contribution in [3.63, 3.8) is 0 Å². The topological polar surface area (TPSA) is 189 Å². The SMILES string of the molecule is CC(C)(C)OC(=O)Nc1nc(/C(=N/OC(C)(C)C(=O)O)C(=O)N[C@@H]2C(=O)N[C@@H]2CN2CCCC2=O)cs1. The van der Waals surface area contributed by atoms with Crippen molar-refractivity contribution in [2.45, 2.75) is 70.7 Å². The van der Waals surface area contributed by atoms with Crippen LogP contribution in [-0.4, -0.2) is 86.9 Å². The number of hydrogen-bond donors (Lipinski definition) is 4. The number of anilines is 1. The molecule has 15 heteroatoms. The molecule has 1 aromatic heterocycles. The third kappa shape index (κ3) is 7.15. The van der Waals surface area contributed by atoms with Gasteiger partial charge in [-0.15, -0.1) is 11.3 Å². The Morgan fingerprint density at radius 1 is 1.27 bits per heavy atom. The van der Waals surface area contributed by atoms with E-state index in [-0.39, 0.29) is 23.3 Å². The normalized spacial score (nSPS) is 20.1. The zero-order valence-electron chi connectivity index (χ0n) is 21.1. The monoisotopic (exact) mass is 538 g/mol. The molecule has 2 aliphatic heterocycles. The summed E-state index contributed by atoms with van der Waals surface area (Å²) < 4.78 is 5.18. The minimum absolute atomic E-state index is 0.0229. The second-order valence-corrected chi connectivity index (χ2v) is 10.9. The Morgan fingerprint density at radius 2 is 1.97 bits per heavy atom. The van der Waals surface area contributed by atoms with E-state index in [9.17, 15) is 29.1 Å². The van der Waals surface area contributed by atoms with E-state index in [1.54, 1.807) is 25.7 Å². The molecular weight excluding hydrogens is 508 g/mol. The summed E-state index contributed by atoms with van der Waals surface area (Å²) >= 11 is 0.971. The summed E-state index contributed by atoms with van der Waals surface area (Å²) in [6.07, 6.45) is 0.410. The summed E-state index contributed by atoms with van der Waals surface area (Å²) in [4.78, 5) is 71.7. The first-order valence-electron chi connectivity index (χ1n) is 11.5. The Kier molecular flexibility index (Phi) is 8.05. The number of nitrogens with zero attached hydrogens (tertiary/aromatic N) is 3. The van der Waals surface area contributed by atoms with Gasteiger partial charge in [-0.25, -0.2) is 14.6 Å². The van der Waals surface area contributed by atoms with Gasteiger partial charge in [0.15, 0.2) is 10.8 Å². The third-order valence-corrected chi connectivity index (χ3v) is 6.10. The van der Waals surface area contributed by atoms with Gasteiger partial charge in [0.05, 0.1) is 6.04 Å². The van der Waals surface area contributed by atoms with Gasteiger partial charge in [-0.1, -0.05) is 5.16 Å². The molecule has 0 spiro atoms. The van der Waals surface area contributed by atoms with Gasteiger partial charge in [0.2, 0.25) is 17.4 Å². The Hall–Kier alpha value is -3.75. The summed E-state index contributed by atoms with van der Waals surface area (Å²) in [5.74, 6) is -2.64. The molecule has 37 heavy (non-hydrogen) atoms. The number of rotatable bonds is 9. The second kappa shape index (κ2) is 10.7. The first kappa shape index (κ1) is 27.8. The molecule has 2 atom stereocenters. The number of nitrogens with one attached hydrogen (secondary N) is 3. The van der Waals surface area contributed by atoms with Crippen molar-refractivity contribution in [2.24, 2.45) is 5.16 Å². The van der Waals surface area contributed by atoms with Gasteiger partial charge in [0.25, 0.3) is 5.91 Å². The lowest BCUT2D eigenvalue weighted by Gasteiger charge is -2.39. The van der Waals surface area contributed by atoms with Crippen LogP contribution in [0.2, 0.25) is 0 Å². The lowest BCUT2D eigenvalue weighted by Crippen LogP contribution is -2.72. The van der Waals surface area contributed by atoms with Crippen LogP contribution in [-0.2, 0) is 28.8 Å². The zero-order chi connectivity index (χ0) is 27.5. The highest BCUT2D eigenvalue weighted by Gasteiger charge is 2.43. The predicted octanol–water partition coefficient (Wildman–Crippen LogP) is 0.680. The number of hydrogen-bond acceptors (Lipinski definition) is 10. The molecule has 2 aliphatic rings. The molecule has 0 bridgehead atoms. The Balaban J connectivity index is 1.78. The molecule has 0 aromatic carbocycles. The summed E-state index contributed by atoms with van der Waals surface area (Å²) in [6, 6.07) is -1.45. The molecule has 14 nitrogen and oxygen atoms in total. The van der Waals surface area contributed by atoms with E-state index in [2.05, 4.69) is 26.1 Å². The second-order valence-electron chi connectivity index (χ2n) is 10.0. The predicted molar refractivity (Wildman–Crippen MR) is 131 cm³/mol. The molecule has 0 unspecified atom stereocenters. The molecule has 4 amide bonds. The number of likely N-dealkylation sites (tertiary alicyclic amines) is 1. The van der Waals surface area contributed by atoms with Crippen LogP contribution < -0.4 is 16.0 Å². The van der Waals surface area contributed by atoms with Crippen LogP contribution in [0.4, 0.5) is 9.93 Å². The van der Waals surface area contributed by atoms with Crippen molar-refractivity contribution in [1.82, 2.24) is 20.5 Å². The molecule has 3 rings (SSSR count). The largest absolute Gasteiger partial charge is 0.478 e. The molecule has 2 saturated heterocycles. The summed E-state index contributed by atoms with van der Waals surface area (Å²) in [6.45, 7) is 8.38. The highest BCUT2D eigenvalue weighted by molar-refractivity contribution is 7.14. The van der Waals surface area contributed by atoms with Crippen LogP contribution in [0.3, 0.4) is 0 Å². The number of aliphatic carboxylic acids is 1. The van der Waals surface area contributed by atoms with Gasteiger partial charge >= 0.3 is 12.1 Å². The fourth-order valence-electron chi connectivity index (χ4n) is 3.34. The van der Waals surface area contributed by atoms with Crippen LogP contribution in [0.15, 0.2) is 10.5 Å². The van der Waals surface area contributed by atoms with Crippen LogP contribution in [0, 0.1) is 0 Å². The summed E-state index contributed by atoms with van der Waals surface area (Å²) in [5, 5.41) is 22.2. The molecular formula is C22H30N6O8S. The summed E-state index contributed by atoms with van der Waals surface area (Å²) in [5.41, 5.74) is -2.95. The average Bonchev–Trinajstić information content (AvgIpc) is 3.39. The number of carboxylic acids is 1. The minimum atomic E-state index is -1.77. The Labute approximate surface area is 216 Å². The number of carboxylic acid groups (broad SMARTS) is 1. The molecule has 0 radical (unpaired) electrons.